The number of rotatable bonds is 5. The lowest BCUT2D eigenvalue weighted by Crippen LogP contribution is -2.13. The molecule has 0 amide bonds. The van der Waals surface area contributed by atoms with Crippen LogP contribution >= 0.6 is 0 Å². The van der Waals surface area contributed by atoms with E-state index in [1.165, 1.54) is 25.1 Å². The zero-order valence-corrected chi connectivity index (χ0v) is 12.3. The molecule has 2 aromatic heterocycles. The molecule has 8 nitrogen and oxygen atoms in total. The van der Waals surface area contributed by atoms with E-state index in [1.807, 2.05) is 0 Å². The predicted molar refractivity (Wildman–Crippen MR) is 73.0 cm³/mol. The first kappa shape index (κ1) is 14.8. The van der Waals surface area contributed by atoms with Gasteiger partial charge in [-0.15, -0.1) is 0 Å². The van der Waals surface area contributed by atoms with Gasteiger partial charge in [-0.05, 0) is 19.9 Å². The fraction of sp³-hybridized carbons (Fsp3) is 0.385. The van der Waals surface area contributed by atoms with E-state index < -0.39 is 5.97 Å². The SMILES string of the molecule is CCOC(=O)c1cc(C)nn1-c1cnc(OC)nc1OC. The quantitative estimate of drug-likeness (QED) is 0.764. The Bertz CT molecular complexity index is 654. The van der Waals surface area contributed by atoms with Crippen molar-refractivity contribution < 1.29 is 19.0 Å². The molecule has 112 valence electrons. The molecule has 0 saturated carbocycles. The van der Waals surface area contributed by atoms with E-state index in [4.69, 9.17) is 14.2 Å². The summed E-state index contributed by atoms with van der Waals surface area (Å²) in [5.74, 6) is -0.230. The third-order valence-electron chi connectivity index (χ3n) is 2.63. The van der Waals surface area contributed by atoms with E-state index in [9.17, 15) is 4.79 Å². The highest BCUT2D eigenvalue weighted by Gasteiger charge is 2.20. The van der Waals surface area contributed by atoms with Crippen LogP contribution in [-0.2, 0) is 4.74 Å². The average molecular weight is 292 g/mol. The van der Waals surface area contributed by atoms with Crippen molar-refractivity contribution in [2.45, 2.75) is 13.8 Å². The van der Waals surface area contributed by atoms with Crippen LogP contribution in [0.15, 0.2) is 12.3 Å². The lowest BCUT2D eigenvalue weighted by atomic mass is 10.3. The number of hydrogen-bond acceptors (Lipinski definition) is 7. The van der Waals surface area contributed by atoms with Gasteiger partial charge in [0, 0.05) is 0 Å². The number of carbonyl (C=O) groups excluding carboxylic acids is 1. The van der Waals surface area contributed by atoms with E-state index >= 15 is 0 Å². The Hall–Kier alpha value is -2.64. The zero-order valence-electron chi connectivity index (χ0n) is 12.3. The molecule has 2 aromatic rings. The van der Waals surface area contributed by atoms with Crippen molar-refractivity contribution >= 4 is 5.97 Å². The largest absolute Gasteiger partial charge is 0.479 e. The van der Waals surface area contributed by atoms with Crippen LogP contribution in [0.4, 0.5) is 0 Å². The summed E-state index contributed by atoms with van der Waals surface area (Å²) in [6.45, 7) is 3.79. The third kappa shape index (κ3) is 2.93. The van der Waals surface area contributed by atoms with Gasteiger partial charge < -0.3 is 14.2 Å². The maximum atomic E-state index is 12.0. The van der Waals surface area contributed by atoms with Crippen molar-refractivity contribution in [1.82, 2.24) is 19.7 Å². The predicted octanol–water partition coefficient (Wildman–Crippen LogP) is 1.16. The minimum atomic E-state index is -0.476. The fourth-order valence-electron chi connectivity index (χ4n) is 1.77. The molecule has 0 unspecified atom stereocenters. The van der Waals surface area contributed by atoms with E-state index in [-0.39, 0.29) is 24.2 Å². The first-order valence-electron chi connectivity index (χ1n) is 6.29. The highest BCUT2D eigenvalue weighted by molar-refractivity contribution is 5.88. The first-order valence-corrected chi connectivity index (χ1v) is 6.29. The maximum Gasteiger partial charge on any atom is 0.357 e. The van der Waals surface area contributed by atoms with Gasteiger partial charge in [-0.25, -0.2) is 14.5 Å². The Morgan fingerprint density at radius 3 is 2.71 bits per heavy atom. The lowest BCUT2D eigenvalue weighted by molar-refractivity contribution is 0.0515. The van der Waals surface area contributed by atoms with E-state index in [0.29, 0.717) is 11.4 Å². The number of esters is 1. The van der Waals surface area contributed by atoms with Crippen LogP contribution in [0.3, 0.4) is 0 Å². The number of aromatic nitrogens is 4. The summed E-state index contributed by atoms with van der Waals surface area (Å²) in [5, 5.41) is 4.26. The van der Waals surface area contributed by atoms with Gasteiger partial charge in [0.25, 0.3) is 0 Å². The third-order valence-corrected chi connectivity index (χ3v) is 2.63. The molecule has 0 aliphatic rings. The molecule has 21 heavy (non-hydrogen) atoms. The van der Waals surface area contributed by atoms with Gasteiger partial charge in [-0.2, -0.15) is 10.1 Å². The second-order valence-corrected chi connectivity index (χ2v) is 4.05. The van der Waals surface area contributed by atoms with Gasteiger partial charge in [0.15, 0.2) is 5.69 Å². The molecular formula is C13H16N4O4. The molecule has 0 spiro atoms. The highest BCUT2D eigenvalue weighted by Crippen LogP contribution is 2.23. The van der Waals surface area contributed by atoms with Crippen LogP contribution in [-0.4, -0.2) is 46.5 Å². The summed E-state index contributed by atoms with van der Waals surface area (Å²) in [7, 11) is 2.92. The number of methoxy groups -OCH3 is 2. The van der Waals surface area contributed by atoms with Crippen LogP contribution in [0.1, 0.15) is 23.1 Å². The molecule has 2 heterocycles. The summed E-state index contributed by atoms with van der Waals surface area (Å²) in [6.07, 6.45) is 1.47. The molecule has 0 aliphatic heterocycles. The molecule has 0 fully saturated rings. The number of aryl methyl sites for hydroxylation is 1. The minimum absolute atomic E-state index is 0.164. The maximum absolute atomic E-state index is 12.0. The van der Waals surface area contributed by atoms with Crippen LogP contribution in [0.25, 0.3) is 5.69 Å². The Labute approximate surface area is 121 Å². The Balaban J connectivity index is 2.54. The van der Waals surface area contributed by atoms with Crippen molar-refractivity contribution in [1.29, 1.82) is 0 Å². The molecule has 0 aliphatic carbocycles. The number of ether oxygens (including phenoxy) is 3. The molecule has 0 aromatic carbocycles. The molecule has 0 bridgehead atoms. The molecule has 8 heteroatoms. The summed E-state index contributed by atoms with van der Waals surface area (Å²) in [5.41, 5.74) is 1.37. The minimum Gasteiger partial charge on any atom is -0.479 e. The van der Waals surface area contributed by atoms with Gasteiger partial charge in [-0.1, -0.05) is 0 Å². The van der Waals surface area contributed by atoms with E-state index in [0.717, 1.165) is 0 Å². The van der Waals surface area contributed by atoms with E-state index in [2.05, 4.69) is 15.1 Å². The smallest absolute Gasteiger partial charge is 0.357 e. The van der Waals surface area contributed by atoms with Gasteiger partial charge in [0.05, 0.1) is 32.7 Å². The average Bonchev–Trinajstić information content (AvgIpc) is 2.88. The summed E-state index contributed by atoms with van der Waals surface area (Å²) >= 11 is 0. The van der Waals surface area contributed by atoms with Gasteiger partial charge in [0.1, 0.15) is 5.69 Å². The molecule has 0 atom stereocenters. The van der Waals surface area contributed by atoms with Gasteiger partial charge in [0.2, 0.25) is 5.88 Å². The van der Waals surface area contributed by atoms with Crippen LogP contribution in [0, 0.1) is 6.92 Å². The summed E-state index contributed by atoms with van der Waals surface area (Å²) in [6, 6.07) is 1.79. The highest BCUT2D eigenvalue weighted by atomic mass is 16.5. The first-order chi connectivity index (χ1) is 10.1. The Morgan fingerprint density at radius 1 is 1.33 bits per heavy atom. The van der Waals surface area contributed by atoms with E-state index in [1.54, 1.807) is 19.9 Å². The fourth-order valence-corrected chi connectivity index (χ4v) is 1.77. The van der Waals surface area contributed by atoms with Crippen LogP contribution in [0.5, 0.6) is 11.9 Å². The topological polar surface area (TPSA) is 88.4 Å². The molecule has 0 radical (unpaired) electrons. The van der Waals surface area contributed by atoms with Gasteiger partial charge in [-0.3, -0.25) is 0 Å². The Morgan fingerprint density at radius 2 is 2.10 bits per heavy atom. The molecular weight excluding hydrogens is 276 g/mol. The molecule has 0 saturated heterocycles. The van der Waals surface area contributed by atoms with Crippen LogP contribution in [0.2, 0.25) is 0 Å². The van der Waals surface area contributed by atoms with Crippen molar-refractivity contribution in [3.05, 3.63) is 23.7 Å². The van der Waals surface area contributed by atoms with Crippen LogP contribution < -0.4 is 9.47 Å². The monoisotopic (exact) mass is 292 g/mol. The van der Waals surface area contributed by atoms with Crippen molar-refractivity contribution in [2.75, 3.05) is 20.8 Å². The lowest BCUT2D eigenvalue weighted by Gasteiger charge is -2.10. The van der Waals surface area contributed by atoms with Crippen molar-refractivity contribution in [3.8, 4) is 17.6 Å². The number of nitrogens with zero attached hydrogens (tertiary/aromatic N) is 4. The van der Waals surface area contributed by atoms with Gasteiger partial charge >= 0.3 is 12.0 Å². The molecule has 0 N–H and O–H groups in total. The standard InChI is InChI=1S/C13H16N4O4/c1-5-21-12(18)9-6-8(2)16-17(9)10-7-14-13(20-4)15-11(10)19-3/h6-7H,5H2,1-4H3. The summed E-state index contributed by atoms with van der Waals surface area (Å²) < 4.78 is 16.6. The summed E-state index contributed by atoms with van der Waals surface area (Å²) in [4.78, 5) is 20.1. The second-order valence-electron chi connectivity index (χ2n) is 4.05. The Kier molecular flexibility index (Phi) is 4.36. The second kappa shape index (κ2) is 6.21. The zero-order chi connectivity index (χ0) is 15.4. The van der Waals surface area contributed by atoms with Crippen molar-refractivity contribution in [3.63, 3.8) is 0 Å². The number of carbonyl (C=O) groups is 1. The number of hydrogen-bond donors (Lipinski definition) is 0. The molecule has 2 rings (SSSR count). The normalized spacial score (nSPS) is 10.3. The van der Waals surface area contributed by atoms with Crippen molar-refractivity contribution in [2.24, 2.45) is 0 Å².